The van der Waals surface area contributed by atoms with E-state index in [1.165, 1.54) is 218 Å². The lowest BCUT2D eigenvalue weighted by molar-refractivity contribution is -0.167. The summed E-state index contributed by atoms with van der Waals surface area (Å²) in [7, 11) is 0. The number of esters is 3. The smallest absolute Gasteiger partial charge is 0.306 e. The van der Waals surface area contributed by atoms with E-state index in [9.17, 15) is 14.4 Å². The largest absolute Gasteiger partial charge is 0.462 e. The molecular formula is C60H112O6. The van der Waals surface area contributed by atoms with Gasteiger partial charge in [0.2, 0.25) is 0 Å². The summed E-state index contributed by atoms with van der Waals surface area (Å²) in [5.74, 6) is -0.860. The highest BCUT2D eigenvalue weighted by molar-refractivity contribution is 5.71. The zero-order valence-corrected chi connectivity index (χ0v) is 44.5. The van der Waals surface area contributed by atoms with Crippen LogP contribution in [-0.2, 0) is 28.6 Å². The van der Waals surface area contributed by atoms with Crippen molar-refractivity contribution in [1.29, 1.82) is 0 Å². The molecule has 0 N–H and O–H groups in total. The van der Waals surface area contributed by atoms with Gasteiger partial charge in [0.1, 0.15) is 13.2 Å². The maximum Gasteiger partial charge on any atom is 0.306 e. The maximum absolute atomic E-state index is 12.8. The molecule has 0 aromatic rings. The molecule has 66 heavy (non-hydrogen) atoms. The lowest BCUT2D eigenvalue weighted by Crippen LogP contribution is -2.30. The predicted octanol–water partition coefficient (Wildman–Crippen LogP) is 19.5. The minimum Gasteiger partial charge on any atom is -0.462 e. The Morgan fingerprint density at radius 3 is 0.833 bits per heavy atom. The van der Waals surface area contributed by atoms with Crippen molar-refractivity contribution in [2.75, 3.05) is 13.2 Å². The van der Waals surface area contributed by atoms with Gasteiger partial charge in [0, 0.05) is 19.3 Å². The molecular weight excluding hydrogens is 817 g/mol. The van der Waals surface area contributed by atoms with Crippen LogP contribution in [0.3, 0.4) is 0 Å². The molecule has 0 heterocycles. The average molecular weight is 930 g/mol. The number of hydrogen-bond donors (Lipinski definition) is 0. The molecule has 388 valence electrons. The molecule has 0 spiro atoms. The zero-order valence-electron chi connectivity index (χ0n) is 44.5. The molecule has 1 atom stereocenters. The van der Waals surface area contributed by atoms with Crippen molar-refractivity contribution in [2.45, 2.75) is 329 Å². The van der Waals surface area contributed by atoms with E-state index in [0.29, 0.717) is 19.3 Å². The minimum absolute atomic E-state index is 0.0705. The van der Waals surface area contributed by atoms with Crippen LogP contribution in [0.4, 0.5) is 0 Å². The van der Waals surface area contributed by atoms with Crippen LogP contribution < -0.4 is 0 Å². The van der Waals surface area contributed by atoms with Crippen molar-refractivity contribution in [3.05, 3.63) is 24.3 Å². The fourth-order valence-corrected chi connectivity index (χ4v) is 8.79. The van der Waals surface area contributed by atoms with E-state index in [1.807, 2.05) is 0 Å². The van der Waals surface area contributed by atoms with E-state index < -0.39 is 6.10 Å². The molecule has 0 aliphatic rings. The Labute approximate surface area is 411 Å². The molecule has 6 nitrogen and oxygen atoms in total. The number of ether oxygens (including phenoxy) is 3. The SMILES string of the molecule is CCCCC/C=C\C=C/CCCCCCCCC(=O)OC(COC(=O)CCCCCCCCCCCCCCCC)COC(=O)CCCCCCCCCCCCCCCCCCCCC. The fraction of sp³-hybridized carbons (Fsp3) is 0.883. The van der Waals surface area contributed by atoms with E-state index >= 15 is 0 Å². The predicted molar refractivity (Wildman–Crippen MR) is 284 cm³/mol. The monoisotopic (exact) mass is 929 g/mol. The highest BCUT2D eigenvalue weighted by atomic mass is 16.6. The van der Waals surface area contributed by atoms with Gasteiger partial charge in [-0.2, -0.15) is 0 Å². The first-order valence-corrected chi connectivity index (χ1v) is 29.4. The van der Waals surface area contributed by atoms with Crippen LogP contribution >= 0.6 is 0 Å². The quantitative estimate of drug-likeness (QED) is 0.0262. The number of rotatable bonds is 54. The van der Waals surface area contributed by atoms with Crippen LogP contribution in [-0.4, -0.2) is 37.2 Å². The number of hydrogen-bond acceptors (Lipinski definition) is 6. The topological polar surface area (TPSA) is 78.9 Å². The van der Waals surface area contributed by atoms with E-state index in [0.717, 1.165) is 64.2 Å². The van der Waals surface area contributed by atoms with Crippen LogP contribution in [0, 0.1) is 0 Å². The summed E-state index contributed by atoms with van der Waals surface area (Å²) >= 11 is 0. The fourth-order valence-electron chi connectivity index (χ4n) is 8.79. The Bertz CT molecular complexity index is 1070. The Hall–Kier alpha value is -2.11. The lowest BCUT2D eigenvalue weighted by Gasteiger charge is -2.18. The first-order valence-electron chi connectivity index (χ1n) is 29.4. The summed E-state index contributed by atoms with van der Waals surface area (Å²) < 4.78 is 16.9. The molecule has 0 saturated carbocycles. The molecule has 0 saturated heterocycles. The third-order valence-electron chi connectivity index (χ3n) is 13.2. The number of carbonyl (C=O) groups is 3. The summed E-state index contributed by atoms with van der Waals surface area (Å²) in [5, 5.41) is 0. The van der Waals surface area contributed by atoms with Crippen molar-refractivity contribution in [2.24, 2.45) is 0 Å². The van der Waals surface area contributed by atoms with Gasteiger partial charge in [0.15, 0.2) is 6.10 Å². The summed E-state index contributed by atoms with van der Waals surface area (Å²) in [5.41, 5.74) is 0. The highest BCUT2D eigenvalue weighted by Crippen LogP contribution is 2.17. The Balaban J connectivity index is 4.31. The summed E-state index contributed by atoms with van der Waals surface area (Å²) in [6.07, 6.45) is 64.5. The van der Waals surface area contributed by atoms with Gasteiger partial charge in [-0.05, 0) is 44.9 Å². The van der Waals surface area contributed by atoms with Crippen LogP contribution in [0.25, 0.3) is 0 Å². The van der Waals surface area contributed by atoms with Gasteiger partial charge in [-0.3, -0.25) is 14.4 Å². The van der Waals surface area contributed by atoms with Gasteiger partial charge in [0.25, 0.3) is 0 Å². The number of carbonyl (C=O) groups excluding carboxylic acids is 3. The van der Waals surface area contributed by atoms with Crippen LogP contribution in [0.15, 0.2) is 24.3 Å². The van der Waals surface area contributed by atoms with Gasteiger partial charge >= 0.3 is 17.9 Å². The summed E-state index contributed by atoms with van der Waals surface area (Å²) in [6.45, 7) is 6.65. The van der Waals surface area contributed by atoms with E-state index in [4.69, 9.17) is 14.2 Å². The Kier molecular flexibility index (Phi) is 53.7. The van der Waals surface area contributed by atoms with Gasteiger partial charge in [0.05, 0.1) is 0 Å². The van der Waals surface area contributed by atoms with E-state index in [-0.39, 0.29) is 31.1 Å². The third kappa shape index (κ3) is 52.9. The first-order chi connectivity index (χ1) is 32.5. The molecule has 6 heteroatoms. The van der Waals surface area contributed by atoms with Crippen molar-refractivity contribution in [3.8, 4) is 0 Å². The van der Waals surface area contributed by atoms with Crippen molar-refractivity contribution >= 4 is 17.9 Å². The minimum atomic E-state index is -0.772. The molecule has 0 aromatic carbocycles. The molecule has 1 unspecified atom stereocenters. The maximum atomic E-state index is 12.8. The van der Waals surface area contributed by atoms with Gasteiger partial charge < -0.3 is 14.2 Å². The van der Waals surface area contributed by atoms with Crippen molar-refractivity contribution < 1.29 is 28.6 Å². The van der Waals surface area contributed by atoms with Crippen molar-refractivity contribution in [3.63, 3.8) is 0 Å². The van der Waals surface area contributed by atoms with Crippen LogP contribution in [0.1, 0.15) is 323 Å². The standard InChI is InChI=1S/C60H112O6/c1-4-7-10-13-16-19-22-25-28-29-30-31-33-35-38-41-44-47-50-53-59(62)65-56-57(55-64-58(61)52-49-46-43-40-37-34-27-24-21-18-15-12-9-6-3)66-60(63)54-51-48-45-42-39-36-32-26-23-20-17-14-11-8-5-2/h17,20,23,26,57H,4-16,18-19,21-22,24-25,27-56H2,1-3H3/b20-17-,26-23-. The first kappa shape index (κ1) is 63.9. The molecule has 0 aromatic heterocycles. The van der Waals surface area contributed by atoms with Gasteiger partial charge in [-0.25, -0.2) is 0 Å². The molecule has 0 aliphatic carbocycles. The van der Waals surface area contributed by atoms with Crippen LogP contribution in [0.2, 0.25) is 0 Å². The highest BCUT2D eigenvalue weighted by Gasteiger charge is 2.19. The summed E-state index contributed by atoms with van der Waals surface area (Å²) in [6, 6.07) is 0. The van der Waals surface area contributed by atoms with Crippen LogP contribution in [0.5, 0.6) is 0 Å². The zero-order chi connectivity index (χ0) is 47.9. The van der Waals surface area contributed by atoms with Crippen molar-refractivity contribution in [1.82, 2.24) is 0 Å². The van der Waals surface area contributed by atoms with Gasteiger partial charge in [-0.15, -0.1) is 0 Å². The van der Waals surface area contributed by atoms with E-state index in [1.54, 1.807) is 0 Å². The van der Waals surface area contributed by atoms with Gasteiger partial charge in [-0.1, -0.05) is 283 Å². The molecule has 0 fully saturated rings. The second-order valence-electron chi connectivity index (χ2n) is 20.0. The molecule has 0 radical (unpaired) electrons. The Morgan fingerprint density at radius 2 is 0.530 bits per heavy atom. The Morgan fingerprint density at radius 1 is 0.303 bits per heavy atom. The number of allylic oxidation sites excluding steroid dienone is 4. The summed E-state index contributed by atoms with van der Waals surface area (Å²) in [4.78, 5) is 38.1. The number of unbranched alkanes of at least 4 members (excludes halogenated alkanes) is 40. The lowest BCUT2D eigenvalue weighted by atomic mass is 10.0. The second-order valence-corrected chi connectivity index (χ2v) is 20.0. The van der Waals surface area contributed by atoms with E-state index in [2.05, 4.69) is 45.1 Å². The molecule has 0 bridgehead atoms. The molecule has 0 aliphatic heterocycles. The third-order valence-corrected chi connectivity index (χ3v) is 13.2. The molecule has 0 amide bonds. The average Bonchev–Trinajstić information content (AvgIpc) is 3.31. The molecule has 0 rings (SSSR count). The second kappa shape index (κ2) is 55.5. The normalized spacial score (nSPS) is 12.1.